The largest absolute Gasteiger partial charge is 0.461 e. The number of esters is 1. The van der Waals surface area contributed by atoms with Crippen molar-refractivity contribution in [3.8, 4) is 0 Å². The maximum atomic E-state index is 12.1. The fourth-order valence-corrected chi connectivity index (χ4v) is 6.03. The van der Waals surface area contributed by atoms with Gasteiger partial charge in [0.15, 0.2) is 0 Å². The van der Waals surface area contributed by atoms with E-state index >= 15 is 0 Å². The van der Waals surface area contributed by atoms with Crippen molar-refractivity contribution in [1.29, 1.82) is 0 Å². The maximum Gasteiger partial charge on any atom is 0.329 e. The molecule has 138 valence electrons. The Bertz CT molecular complexity index is 399. The molecule has 7 heteroatoms. The van der Waals surface area contributed by atoms with Gasteiger partial charge in [0.2, 0.25) is 5.91 Å². The normalized spacial score (nSPS) is 18.4. The van der Waals surface area contributed by atoms with Crippen LogP contribution in [-0.2, 0) is 14.3 Å². The van der Waals surface area contributed by atoms with E-state index in [2.05, 4.69) is 11.9 Å². The zero-order valence-electron chi connectivity index (χ0n) is 14.6. The lowest BCUT2D eigenvalue weighted by Crippen LogP contribution is -2.44. The second-order valence-corrected chi connectivity index (χ2v) is 9.87. The van der Waals surface area contributed by atoms with Gasteiger partial charge in [0, 0.05) is 28.9 Å². The molecular weight excluding hydrogens is 362 g/mol. The molecule has 1 N–H and O–H groups in total. The van der Waals surface area contributed by atoms with Crippen molar-refractivity contribution in [3.05, 3.63) is 12.7 Å². The summed E-state index contributed by atoms with van der Waals surface area (Å²) >= 11 is 1.57. The summed E-state index contributed by atoms with van der Waals surface area (Å²) in [6.07, 6.45) is 6.49. The van der Waals surface area contributed by atoms with Crippen LogP contribution in [0.1, 0.15) is 46.0 Å². The van der Waals surface area contributed by atoms with Crippen LogP contribution in [-0.4, -0.2) is 46.5 Å². The number of carbonyl (C=O) groups is 2. The first-order valence-corrected chi connectivity index (χ1v) is 12.0. The number of hydrogen-bond acceptors (Lipinski definition) is 6. The summed E-state index contributed by atoms with van der Waals surface area (Å²) in [7, 11) is 3.93. The minimum atomic E-state index is -0.577. The Morgan fingerprint density at radius 2 is 2.21 bits per heavy atom. The molecule has 0 aliphatic carbocycles. The van der Waals surface area contributed by atoms with E-state index in [1.165, 1.54) is 18.6 Å². The number of ether oxygens (including phenoxy) is 1. The Morgan fingerprint density at radius 3 is 2.83 bits per heavy atom. The average Bonchev–Trinajstić information content (AvgIpc) is 3.03. The summed E-state index contributed by atoms with van der Waals surface area (Å²) in [6, 6.07) is -0.577. The summed E-state index contributed by atoms with van der Waals surface area (Å²) in [5, 5.41) is 3.58. The minimum absolute atomic E-state index is 0.0617. The van der Waals surface area contributed by atoms with Gasteiger partial charge in [-0.05, 0) is 33.1 Å². The van der Waals surface area contributed by atoms with Gasteiger partial charge in [0.1, 0.15) is 6.04 Å². The topological polar surface area (TPSA) is 55.4 Å². The highest BCUT2D eigenvalue weighted by molar-refractivity contribution is 8.77. The average molecular weight is 392 g/mol. The fourth-order valence-electron chi connectivity index (χ4n) is 2.24. The lowest BCUT2D eigenvalue weighted by Gasteiger charge is -2.19. The van der Waals surface area contributed by atoms with E-state index in [0.717, 1.165) is 23.8 Å². The van der Waals surface area contributed by atoms with Crippen LogP contribution < -0.4 is 5.32 Å². The van der Waals surface area contributed by atoms with Crippen molar-refractivity contribution in [1.82, 2.24) is 5.32 Å². The third kappa shape index (κ3) is 9.89. The van der Waals surface area contributed by atoms with Crippen molar-refractivity contribution < 1.29 is 14.3 Å². The summed E-state index contributed by atoms with van der Waals surface area (Å²) in [5.41, 5.74) is 0. The first-order chi connectivity index (χ1) is 11.5. The van der Waals surface area contributed by atoms with Crippen LogP contribution in [0.15, 0.2) is 12.7 Å². The maximum absolute atomic E-state index is 12.1. The van der Waals surface area contributed by atoms with Crippen molar-refractivity contribution in [2.24, 2.45) is 0 Å². The molecule has 1 amide bonds. The molecule has 2 atom stereocenters. The fraction of sp³-hybridized carbons (Fsp3) is 0.765. The van der Waals surface area contributed by atoms with Gasteiger partial charge >= 0.3 is 5.97 Å². The van der Waals surface area contributed by atoms with Crippen LogP contribution in [0.2, 0.25) is 0 Å². The molecule has 1 fully saturated rings. The van der Waals surface area contributed by atoms with Crippen molar-refractivity contribution in [2.75, 3.05) is 17.3 Å². The molecule has 4 nitrogen and oxygen atoms in total. The first kappa shape index (κ1) is 21.8. The van der Waals surface area contributed by atoms with Gasteiger partial charge in [-0.25, -0.2) is 4.79 Å². The van der Waals surface area contributed by atoms with Crippen LogP contribution >= 0.6 is 33.3 Å². The van der Waals surface area contributed by atoms with Crippen LogP contribution in [0, 0.1) is 0 Å². The Morgan fingerprint density at radius 1 is 1.42 bits per heavy atom. The quantitative estimate of drug-likeness (QED) is 0.234. The SMILES string of the molecule is C=CCSCC(NC(=O)CCCCC1CCSS1)C(=O)OC(C)C. The number of carbonyl (C=O) groups excluding carboxylic acids is 2. The molecular formula is C17H29NO3S3. The smallest absolute Gasteiger partial charge is 0.329 e. The molecule has 2 unspecified atom stereocenters. The molecule has 24 heavy (non-hydrogen) atoms. The zero-order chi connectivity index (χ0) is 17.8. The van der Waals surface area contributed by atoms with Gasteiger partial charge in [-0.1, -0.05) is 34.1 Å². The number of hydrogen-bond donors (Lipinski definition) is 1. The van der Waals surface area contributed by atoms with Gasteiger partial charge in [-0.15, -0.1) is 6.58 Å². The Hall–Kier alpha value is -0.270. The summed E-state index contributed by atoms with van der Waals surface area (Å²) in [4.78, 5) is 24.2. The number of nitrogens with one attached hydrogen (secondary N) is 1. The lowest BCUT2D eigenvalue weighted by molar-refractivity contribution is -0.150. The summed E-state index contributed by atoms with van der Waals surface area (Å²) in [5.74, 6) is 2.10. The number of amides is 1. The highest BCUT2D eigenvalue weighted by atomic mass is 33.1. The van der Waals surface area contributed by atoms with Crippen LogP contribution in [0.25, 0.3) is 0 Å². The predicted molar refractivity (Wildman–Crippen MR) is 108 cm³/mol. The van der Waals surface area contributed by atoms with Crippen molar-refractivity contribution in [2.45, 2.75) is 63.3 Å². The third-order valence-corrected chi connectivity index (χ3v) is 7.45. The highest BCUT2D eigenvalue weighted by Crippen LogP contribution is 2.39. The summed E-state index contributed by atoms with van der Waals surface area (Å²) in [6.45, 7) is 7.29. The Kier molecular flexibility index (Phi) is 11.8. The van der Waals surface area contributed by atoms with E-state index in [0.29, 0.717) is 12.2 Å². The molecule has 1 saturated heterocycles. The van der Waals surface area contributed by atoms with Gasteiger partial charge in [-0.3, -0.25) is 4.79 Å². The first-order valence-electron chi connectivity index (χ1n) is 8.49. The third-order valence-electron chi connectivity index (χ3n) is 3.40. The monoisotopic (exact) mass is 391 g/mol. The van der Waals surface area contributed by atoms with E-state index in [-0.39, 0.29) is 18.0 Å². The standard InChI is InChI=1S/C17H29NO3S3/c1-4-10-22-12-15(17(20)21-13(2)3)18-16(19)8-6-5-7-14-9-11-23-24-14/h4,13-15H,1,5-12H2,2-3H3,(H,18,19). The van der Waals surface area contributed by atoms with Gasteiger partial charge in [-0.2, -0.15) is 11.8 Å². The van der Waals surface area contributed by atoms with E-state index in [9.17, 15) is 9.59 Å². The molecule has 1 rings (SSSR count). The zero-order valence-corrected chi connectivity index (χ0v) is 17.1. The molecule has 1 aliphatic rings. The molecule has 0 spiro atoms. The summed E-state index contributed by atoms with van der Waals surface area (Å²) < 4.78 is 5.24. The van der Waals surface area contributed by atoms with Crippen molar-refractivity contribution in [3.63, 3.8) is 0 Å². The van der Waals surface area contributed by atoms with Gasteiger partial charge in [0.25, 0.3) is 0 Å². The molecule has 0 aromatic carbocycles. The van der Waals surface area contributed by atoms with Crippen LogP contribution in [0.4, 0.5) is 0 Å². The van der Waals surface area contributed by atoms with Crippen molar-refractivity contribution >= 4 is 45.2 Å². The Balaban J connectivity index is 2.29. The van der Waals surface area contributed by atoms with Crippen LogP contribution in [0.5, 0.6) is 0 Å². The molecule has 0 radical (unpaired) electrons. The van der Waals surface area contributed by atoms with E-state index in [4.69, 9.17) is 4.74 Å². The predicted octanol–water partition coefficient (Wildman–Crippen LogP) is 4.06. The lowest BCUT2D eigenvalue weighted by atomic mass is 10.1. The number of thioether (sulfide) groups is 1. The number of rotatable bonds is 12. The molecule has 1 aliphatic heterocycles. The van der Waals surface area contributed by atoms with Gasteiger partial charge < -0.3 is 10.1 Å². The molecule has 0 aromatic rings. The highest BCUT2D eigenvalue weighted by Gasteiger charge is 2.23. The second kappa shape index (κ2) is 13.0. The molecule has 0 bridgehead atoms. The second-order valence-electron chi connectivity index (χ2n) is 6.01. The Labute approximate surface area is 158 Å². The van der Waals surface area contributed by atoms with Crippen LogP contribution in [0.3, 0.4) is 0 Å². The van der Waals surface area contributed by atoms with E-state index < -0.39 is 6.04 Å². The number of unbranched alkanes of at least 4 members (excludes halogenated alkanes) is 1. The van der Waals surface area contributed by atoms with E-state index in [1.807, 2.05) is 35.4 Å². The molecule has 0 saturated carbocycles. The minimum Gasteiger partial charge on any atom is -0.461 e. The molecule has 1 heterocycles. The molecule has 0 aromatic heterocycles. The van der Waals surface area contributed by atoms with E-state index in [1.54, 1.807) is 17.8 Å². The van der Waals surface area contributed by atoms with Gasteiger partial charge in [0.05, 0.1) is 6.10 Å².